The largest absolute Gasteiger partial charge is 0.334 e. The summed E-state index contributed by atoms with van der Waals surface area (Å²) in [6.07, 6.45) is 7.35. The van der Waals surface area contributed by atoms with Crippen LogP contribution in [0.1, 0.15) is 0 Å². The van der Waals surface area contributed by atoms with Gasteiger partial charge in [-0.2, -0.15) is 13.5 Å². The number of H-pyrrole nitrogens is 1. The number of aromatic amines is 1. The van der Waals surface area contributed by atoms with Crippen molar-refractivity contribution in [3.8, 4) is 5.82 Å². The first kappa shape index (κ1) is 12.4. The van der Waals surface area contributed by atoms with E-state index in [9.17, 15) is 8.42 Å². The van der Waals surface area contributed by atoms with E-state index in [4.69, 9.17) is 0 Å². The number of anilines is 1. The zero-order valence-corrected chi connectivity index (χ0v) is 10.9. The summed E-state index contributed by atoms with van der Waals surface area (Å²) >= 11 is 0. The third-order valence-corrected chi connectivity index (χ3v) is 3.81. The van der Waals surface area contributed by atoms with E-state index in [-0.39, 0.29) is 5.03 Å². The van der Waals surface area contributed by atoms with Crippen molar-refractivity contribution in [2.45, 2.75) is 5.03 Å². The molecule has 0 saturated carbocycles. The van der Waals surface area contributed by atoms with Gasteiger partial charge in [-0.25, -0.2) is 14.6 Å². The Morgan fingerprint density at radius 3 is 2.85 bits per heavy atom. The Morgan fingerprint density at radius 2 is 2.15 bits per heavy atom. The minimum atomic E-state index is -3.73. The molecule has 0 fully saturated rings. The maximum absolute atomic E-state index is 12.1. The van der Waals surface area contributed by atoms with Crippen LogP contribution < -0.4 is 4.72 Å². The Morgan fingerprint density at radius 1 is 1.25 bits per heavy atom. The van der Waals surface area contributed by atoms with Gasteiger partial charge in [0.15, 0.2) is 10.8 Å². The summed E-state index contributed by atoms with van der Waals surface area (Å²) in [6.45, 7) is 0. The monoisotopic (exact) mass is 290 g/mol. The maximum Gasteiger partial charge on any atom is 0.279 e. The van der Waals surface area contributed by atoms with Crippen molar-refractivity contribution in [1.29, 1.82) is 0 Å². The van der Waals surface area contributed by atoms with Crippen molar-refractivity contribution < 1.29 is 8.42 Å². The molecule has 0 radical (unpaired) electrons. The first-order valence-corrected chi connectivity index (χ1v) is 7.11. The van der Waals surface area contributed by atoms with Crippen molar-refractivity contribution in [3.63, 3.8) is 0 Å². The first-order valence-electron chi connectivity index (χ1n) is 5.63. The van der Waals surface area contributed by atoms with E-state index >= 15 is 0 Å². The molecule has 2 N–H and O–H groups in total. The van der Waals surface area contributed by atoms with Crippen LogP contribution in [0.25, 0.3) is 5.82 Å². The molecule has 0 saturated heterocycles. The summed E-state index contributed by atoms with van der Waals surface area (Å²) in [5, 5.41) is 4.02. The van der Waals surface area contributed by atoms with E-state index in [1.807, 2.05) is 0 Å². The van der Waals surface area contributed by atoms with Crippen LogP contribution in [0, 0.1) is 0 Å². The van der Waals surface area contributed by atoms with E-state index in [1.165, 1.54) is 17.2 Å². The second kappa shape index (κ2) is 4.78. The number of aromatic nitrogens is 5. The number of hydrogen-bond donors (Lipinski definition) is 2. The van der Waals surface area contributed by atoms with Crippen LogP contribution in [0.15, 0.2) is 54.3 Å². The molecule has 9 heteroatoms. The minimum absolute atomic E-state index is 0.0206. The molecule has 3 aromatic rings. The van der Waals surface area contributed by atoms with Crippen LogP contribution in [0.3, 0.4) is 0 Å². The molecular weight excluding hydrogens is 280 g/mol. The van der Waals surface area contributed by atoms with Gasteiger partial charge in [-0.05, 0) is 18.2 Å². The number of nitrogens with zero attached hydrogens (tertiary/aromatic N) is 4. The normalized spacial score (nSPS) is 11.4. The van der Waals surface area contributed by atoms with E-state index < -0.39 is 10.0 Å². The zero-order valence-electron chi connectivity index (χ0n) is 10.1. The fraction of sp³-hybridized carbons (Fsp3) is 0. The number of hydrogen-bond acceptors (Lipinski definition) is 5. The highest BCUT2D eigenvalue weighted by molar-refractivity contribution is 7.92. The van der Waals surface area contributed by atoms with Crippen LogP contribution in [-0.2, 0) is 10.0 Å². The quantitative estimate of drug-likeness (QED) is 0.739. The summed E-state index contributed by atoms with van der Waals surface area (Å²) in [5.74, 6) is 0.389. The molecule has 0 aliphatic rings. The topological polar surface area (TPSA) is 106 Å². The molecule has 0 amide bonds. The molecule has 102 valence electrons. The molecule has 0 spiro atoms. The number of pyridine rings is 1. The van der Waals surface area contributed by atoms with Crippen LogP contribution in [0.4, 0.5) is 5.69 Å². The van der Waals surface area contributed by atoms with E-state index in [0.29, 0.717) is 11.5 Å². The lowest BCUT2D eigenvalue weighted by molar-refractivity contribution is 0.598. The molecule has 3 rings (SSSR count). The second-order valence-corrected chi connectivity index (χ2v) is 5.50. The smallest absolute Gasteiger partial charge is 0.279 e. The van der Waals surface area contributed by atoms with Gasteiger partial charge in [-0.3, -0.25) is 4.72 Å². The minimum Gasteiger partial charge on any atom is -0.334 e. The third-order valence-electron chi connectivity index (χ3n) is 2.52. The molecular formula is C11H10N6O2S. The maximum atomic E-state index is 12.1. The van der Waals surface area contributed by atoms with Gasteiger partial charge in [0.05, 0.1) is 18.2 Å². The Hall–Kier alpha value is -2.68. The predicted molar refractivity (Wildman–Crippen MR) is 70.8 cm³/mol. The molecule has 0 aromatic carbocycles. The molecule has 20 heavy (non-hydrogen) atoms. The first-order chi connectivity index (χ1) is 9.67. The van der Waals surface area contributed by atoms with Gasteiger partial charge in [0, 0.05) is 18.6 Å². The Labute approximate surface area is 114 Å². The van der Waals surface area contributed by atoms with Gasteiger partial charge in [-0.1, -0.05) is 0 Å². The Balaban J connectivity index is 2.00. The second-order valence-electron chi connectivity index (χ2n) is 3.85. The molecule has 8 nitrogen and oxygen atoms in total. The fourth-order valence-electron chi connectivity index (χ4n) is 1.64. The predicted octanol–water partition coefficient (Wildman–Crippen LogP) is 0.791. The van der Waals surface area contributed by atoms with E-state index in [0.717, 1.165) is 0 Å². The van der Waals surface area contributed by atoms with Crippen molar-refractivity contribution in [2.24, 2.45) is 0 Å². The van der Waals surface area contributed by atoms with Crippen molar-refractivity contribution in [3.05, 3.63) is 49.3 Å². The van der Waals surface area contributed by atoms with Crippen molar-refractivity contribution in [2.75, 3.05) is 4.72 Å². The highest BCUT2D eigenvalue weighted by Gasteiger charge is 2.18. The molecule has 0 bridgehead atoms. The van der Waals surface area contributed by atoms with Crippen molar-refractivity contribution >= 4 is 15.7 Å². The lowest BCUT2D eigenvalue weighted by Gasteiger charge is -2.10. The lowest BCUT2D eigenvalue weighted by Crippen LogP contribution is -2.15. The van der Waals surface area contributed by atoms with Gasteiger partial charge in [-0.15, -0.1) is 0 Å². The number of nitrogens with one attached hydrogen (secondary N) is 2. The highest BCUT2D eigenvalue weighted by Crippen LogP contribution is 2.19. The fourth-order valence-corrected chi connectivity index (χ4v) is 2.61. The van der Waals surface area contributed by atoms with Crippen molar-refractivity contribution in [1.82, 2.24) is 24.7 Å². The Bertz CT molecular complexity index is 795. The van der Waals surface area contributed by atoms with Crippen LogP contribution in [0.2, 0.25) is 0 Å². The van der Waals surface area contributed by atoms with E-state index in [2.05, 4.69) is 24.8 Å². The van der Waals surface area contributed by atoms with Gasteiger partial charge in [0.2, 0.25) is 0 Å². The number of sulfonamides is 1. The van der Waals surface area contributed by atoms with Gasteiger partial charge in [0.25, 0.3) is 10.0 Å². The Kier molecular flexibility index (Phi) is 2.95. The average molecular weight is 290 g/mol. The summed E-state index contributed by atoms with van der Waals surface area (Å²) in [5.41, 5.74) is 0.325. The third kappa shape index (κ3) is 2.26. The molecule has 0 aliphatic carbocycles. The SMILES string of the molecule is O=S(=O)(Nc1cccnc1-n1cccn1)c1cnc[nH]1. The van der Waals surface area contributed by atoms with Gasteiger partial charge < -0.3 is 4.98 Å². The summed E-state index contributed by atoms with van der Waals surface area (Å²) < 4.78 is 28.2. The zero-order chi connectivity index (χ0) is 14.0. The molecule has 3 aromatic heterocycles. The molecule has 0 unspecified atom stereocenters. The summed E-state index contributed by atoms with van der Waals surface area (Å²) in [4.78, 5) is 10.4. The lowest BCUT2D eigenvalue weighted by atomic mass is 10.4. The standard InChI is InChI=1S/C11H10N6O2S/c18-20(19,10-7-12-8-14-10)16-9-3-1-4-13-11(9)17-6-2-5-15-17/h1-8,16H,(H,12,14). The summed E-state index contributed by atoms with van der Waals surface area (Å²) in [7, 11) is -3.73. The average Bonchev–Trinajstić information content (AvgIpc) is 3.13. The number of rotatable bonds is 4. The van der Waals surface area contributed by atoms with Crippen LogP contribution in [0.5, 0.6) is 0 Å². The van der Waals surface area contributed by atoms with Gasteiger partial charge in [0.1, 0.15) is 0 Å². The van der Waals surface area contributed by atoms with Crippen LogP contribution >= 0.6 is 0 Å². The summed E-state index contributed by atoms with van der Waals surface area (Å²) in [6, 6.07) is 4.97. The number of imidazole rings is 1. The van der Waals surface area contributed by atoms with Gasteiger partial charge >= 0.3 is 0 Å². The molecule has 3 heterocycles. The van der Waals surface area contributed by atoms with E-state index in [1.54, 1.807) is 36.8 Å². The molecule has 0 aliphatic heterocycles. The van der Waals surface area contributed by atoms with Crippen LogP contribution in [-0.4, -0.2) is 33.2 Å². The highest BCUT2D eigenvalue weighted by atomic mass is 32.2. The molecule has 0 atom stereocenters.